The van der Waals surface area contributed by atoms with Crippen LogP contribution in [0.1, 0.15) is 12.5 Å². The molecule has 2 rings (SSSR count). The standard InChI is InChI=1S/C12H16BrNOS/c1-9-8-16-5-4-14(9)12-3-2-10(7-15)6-11(12)13/h2-3,6,9,15H,4-5,7-8H2,1H3. The highest BCUT2D eigenvalue weighted by molar-refractivity contribution is 9.10. The number of hydrogen-bond acceptors (Lipinski definition) is 3. The quantitative estimate of drug-likeness (QED) is 0.909. The zero-order valence-electron chi connectivity index (χ0n) is 9.32. The van der Waals surface area contributed by atoms with Crippen molar-refractivity contribution in [1.29, 1.82) is 0 Å². The summed E-state index contributed by atoms with van der Waals surface area (Å²) in [5.74, 6) is 2.38. The molecule has 0 radical (unpaired) electrons. The minimum absolute atomic E-state index is 0.101. The largest absolute Gasteiger partial charge is 0.392 e. The number of nitrogens with zero attached hydrogens (tertiary/aromatic N) is 1. The zero-order valence-corrected chi connectivity index (χ0v) is 11.7. The van der Waals surface area contributed by atoms with Crippen molar-refractivity contribution in [3.05, 3.63) is 28.2 Å². The van der Waals surface area contributed by atoms with Crippen molar-refractivity contribution in [2.45, 2.75) is 19.6 Å². The van der Waals surface area contributed by atoms with Gasteiger partial charge in [-0.3, -0.25) is 0 Å². The molecule has 1 heterocycles. The van der Waals surface area contributed by atoms with Gasteiger partial charge >= 0.3 is 0 Å². The molecular formula is C12H16BrNOS. The highest BCUT2D eigenvalue weighted by Gasteiger charge is 2.20. The van der Waals surface area contributed by atoms with Gasteiger partial charge in [0.1, 0.15) is 0 Å². The average Bonchev–Trinajstić information content (AvgIpc) is 2.30. The second-order valence-corrected chi connectivity index (χ2v) is 6.07. The molecule has 1 unspecified atom stereocenters. The van der Waals surface area contributed by atoms with E-state index in [1.165, 1.54) is 17.2 Å². The number of thioether (sulfide) groups is 1. The van der Waals surface area contributed by atoms with Crippen LogP contribution in [0.15, 0.2) is 22.7 Å². The molecule has 1 saturated heterocycles. The van der Waals surface area contributed by atoms with Crippen LogP contribution in [0.2, 0.25) is 0 Å². The molecule has 1 aromatic carbocycles. The zero-order chi connectivity index (χ0) is 11.5. The van der Waals surface area contributed by atoms with Gasteiger partial charge in [-0.2, -0.15) is 11.8 Å². The van der Waals surface area contributed by atoms with Gasteiger partial charge in [-0.25, -0.2) is 0 Å². The topological polar surface area (TPSA) is 23.5 Å². The van der Waals surface area contributed by atoms with Crippen molar-refractivity contribution in [2.75, 3.05) is 23.0 Å². The molecule has 1 aromatic rings. The first-order chi connectivity index (χ1) is 7.72. The maximum atomic E-state index is 9.08. The van der Waals surface area contributed by atoms with Crippen molar-refractivity contribution in [3.63, 3.8) is 0 Å². The van der Waals surface area contributed by atoms with Gasteiger partial charge in [-0.1, -0.05) is 6.07 Å². The normalized spacial score (nSPS) is 21.2. The SMILES string of the molecule is CC1CSCCN1c1ccc(CO)cc1Br. The summed E-state index contributed by atoms with van der Waals surface area (Å²) in [6.07, 6.45) is 0. The summed E-state index contributed by atoms with van der Waals surface area (Å²) in [5, 5.41) is 9.08. The number of halogens is 1. The van der Waals surface area contributed by atoms with Gasteiger partial charge in [0, 0.05) is 28.6 Å². The Morgan fingerprint density at radius 2 is 2.38 bits per heavy atom. The lowest BCUT2D eigenvalue weighted by Gasteiger charge is -2.35. The van der Waals surface area contributed by atoms with E-state index in [0.29, 0.717) is 6.04 Å². The van der Waals surface area contributed by atoms with Crippen LogP contribution in [0.25, 0.3) is 0 Å². The monoisotopic (exact) mass is 301 g/mol. The molecule has 4 heteroatoms. The van der Waals surface area contributed by atoms with E-state index in [2.05, 4.69) is 33.8 Å². The first-order valence-electron chi connectivity index (χ1n) is 5.46. The maximum Gasteiger partial charge on any atom is 0.0682 e. The minimum atomic E-state index is 0.101. The first kappa shape index (κ1) is 12.3. The molecule has 0 bridgehead atoms. The lowest BCUT2D eigenvalue weighted by atomic mass is 10.2. The third-order valence-electron chi connectivity index (χ3n) is 2.87. The van der Waals surface area contributed by atoms with E-state index in [1.807, 2.05) is 23.9 Å². The Balaban J connectivity index is 2.25. The number of aliphatic hydroxyl groups excluding tert-OH is 1. The molecule has 88 valence electrons. The van der Waals surface area contributed by atoms with Crippen molar-refractivity contribution >= 4 is 33.4 Å². The predicted octanol–water partition coefficient (Wildman–Crippen LogP) is 2.88. The minimum Gasteiger partial charge on any atom is -0.392 e. The van der Waals surface area contributed by atoms with E-state index in [-0.39, 0.29) is 6.61 Å². The Morgan fingerprint density at radius 1 is 1.56 bits per heavy atom. The molecule has 1 aliphatic rings. The number of hydrogen-bond donors (Lipinski definition) is 1. The van der Waals surface area contributed by atoms with E-state index in [9.17, 15) is 0 Å². The molecule has 1 aliphatic heterocycles. The van der Waals surface area contributed by atoms with E-state index in [4.69, 9.17) is 5.11 Å². The third kappa shape index (κ3) is 2.55. The lowest BCUT2D eigenvalue weighted by molar-refractivity contribution is 0.282. The summed E-state index contributed by atoms with van der Waals surface area (Å²) in [6.45, 7) is 3.46. The molecule has 0 aliphatic carbocycles. The van der Waals surface area contributed by atoms with Crippen LogP contribution in [0, 0.1) is 0 Å². The second-order valence-electron chi connectivity index (χ2n) is 4.06. The number of benzene rings is 1. The van der Waals surface area contributed by atoms with Gasteiger partial charge in [0.2, 0.25) is 0 Å². The molecule has 1 fully saturated rings. The summed E-state index contributed by atoms with van der Waals surface area (Å²) in [5.41, 5.74) is 2.19. The van der Waals surface area contributed by atoms with Crippen LogP contribution < -0.4 is 4.90 Å². The first-order valence-corrected chi connectivity index (χ1v) is 7.41. The van der Waals surface area contributed by atoms with Crippen molar-refractivity contribution in [3.8, 4) is 0 Å². The summed E-state index contributed by atoms with van der Waals surface area (Å²) in [4.78, 5) is 2.43. The van der Waals surface area contributed by atoms with E-state index >= 15 is 0 Å². The summed E-state index contributed by atoms with van der Waals surface area (Å²) >= 11 is 5.61. The van der Waals surface area contributed by atoms with Crippen molar-refractivity contribution in [1.82, 2.24) is 0 Å². The summed E-state index contributed by atoms with van der Waals surface area (Å²) in [7, 11) is 0. The lowest BCUT2D eigenvalue weighted by Crippen LogP contribution is -2.40. The molecule has 0 spiro atoms. The molecule has 1 N–H and O–H groups in total. The van der Waals surface area contributed by atoms with Gasteiger partial charge < -0.3 is 10.0 Å². The van der Waals surface area contributed by atoms with Crippen LogP contribution in [-0.2, 0) is 6.61 Å². The fourth-order valence-electron chi connectivity index (χ4n) is 1.97. The van der Waals surface area contributed by atoms with E-state index < -0.39 is 0 Å². The van der Waals surface area contributed by atoms with E-state index in [0.717, 1.165) is 16.6 Å². The Kier molecular flexibility index (Phi) is 4.16. The second kappa shape index (κ2) is 5.43. The summed E-state index contributed by atoms with van der Waals surface area (Å²) < 4.78 is 1.08. The molecule has 0 saturated carbocycles. The highest BCUT2D eigenvalue weighted by atomic mass is 79.9. The van der Waals surface area contributed by atoms with Gasteiger partial charge in [-0.05, 0) is 40.5 Å². The molecule has 2 nitrogen and oxygen atoms in total. The Morgan fingerprint density at radius 3 is 3.00 bits per heavy atom. The molecular weight excluding hydrogens is 286 g/mol. The fraction of sp³-hybridized carbons (Fsp3) is 0.500. The molecule has 0 amide bonds. The summed E-state index contributed by atoms with van der Waals surface area (Å²) in [6, 6.07) is 6.68. The van der Waals surface area contributed by atoms with Gasteiger partial charge in [0.15, 0.2) is 0 Å². The van der Waals surface area contributed by atoms with Gasteiger partial charge in [-0.15, -0.1) is 0 Å². The van der Waals surface area contributed by atoms with Crippen molar-refractivity contribution in [2.24, 2.45) is 0 Å². The number of anilines is 1. The van der Waals surface area contributed by atoms with Crippen molar-refractivity contribution < 1.29 is 5.11 Å². The third-order valence-corrected chi connectivity index (χ3v) is 4.70. The van der Waals surface area contributed by atoms with Gasteiger partial charge in [0.25, 0.3) is 0 Å². The Hall–Kier alpha value is -0.190. The Bertz CT molecular complexity index is 372. The van der Waals surface area contributed by atoms with Gasteiger partial charge in [0.05, 0.1) is 12.3 Å². The number of aliphatic hydroxyl groups is 1. The Labute approximate surface area is 109 Å². The average molecular weight is 302 g/mol. The molecule has 1 atom stereocenters. The molecule has 16 heavy (non-hydrogen) atoms. The van der Waals surface area contributed by atoms with Crippen LogP contribution in [-0.4, -0.2) is 29.2 Å². The van der Waals surface area contributed by atoms with Crippen LogP contribution in [0.5, 0.6) is 0 Å². The smallest absolute Gasteiger partial charge is 0.0682 e. The number of rotatable bonds is 2. The van der Waals surface area contributed by atoms with Crippen LogP contribution in [0.3, 0.4) is 0 Å². The fourth-order valence-corrected chi connectivity index (χ4v) is 3.63. The van der Waals surface area contributed by atoms with Crippen LogP contribution in [0.4, 0.5) is 5.69 Å². The van der Waals surface area contributed by atoms with Crippen LogP contribution >= 0.6 is 27.7 Å². The molecule has 0 aromatic heterocycles. The highest BCUT2D eigenvalue weighted by Crippen LogP contribution is 2.31. The predicted molar refractivity (Wildman–Crippen MR) is 74.2 cm³/mol. The van der Waals surface area contributed by atoms with E-state index in [1.54, 1.807) is 0 Å². The maximum absolute atomic E-state index is 9.08.